The first-order valence-electron chi connectivity index (χ1n) is 10.9. The number of piperidine rings is 1. The van der Waals surface area contributed by atoms with Crippen LogP contribution in [0.25, 0.3) is 17.0 Å². The average Bonchev–Trinajstić information content (AvgIpc) is 3.21. The number of halogens is 2. The van der Waals surface area contributed by atoms with E-state index < -0.39 is 6.43 Å². The summed E-state index contributed by atoms with van der Waals surface area (Å²) in [6.07, 6.45) is -0.849. The molecule has 0 unspecified atom stereocenters. The van der Waals surface area contributed by atoms with Crippen LogP contribution in [0.3, 0.4) is 0 Å². The highest BCUT2D eigenvalue weighted by Gasteiger charge is 2.25. The molecule has 0 spiro atoms. The standard InChI is InChI=1S/C21H26F2N8O/c1-29-8-6-14(7-9-29)24-19-26-20(30-10-12-32-13-11-30)28-21(27-19)31-16-5-3-2-4-15(16)25-18(31)17(22)23/h2-5,14,17H,6-13H2,1H3,(H,24,26,27,28). The van der Waals surface area contributed by atoms with Crippen molar-refractivity contribution in [1.82, 2.24) is 29.4 Å². The molecule has 0 radical (unpaired) electrons. The lowest BCUT2D eigenvalue weighted by atomic mass is 10.1. The molecule has 1 N–H and O–H groups in total. The molecule has 32 heavy (non-hydrogen) atoms. The monoisotopic (exact) mass is 444 g/mol. The Balaban J connectivity index is 1.58. The highest BCUT2D eigenvalue weighted by Crippen LogP contribution is 2.28. The first-order valence-corrected chi connectivity index (χ1v) is 10.9. The molecule has 0 amide bonds. The maximum absolute atomic E-state index is 13.9. The van der Waals surface area contributed by atoms with E-state index >= 15 is 0 Å². The minimum absolute atomic E-state index is 0.140. The number of imidazole rings is 1. The Hall–Kier alpha value is -2.92. The molecule has 5 rings (SSSR count). The molecule has 11 heteroatoms. The van der Waals surface area contributed by atoms with Gasteiger partial charge in [-0.25, -0.2) is 13.8 Å². The Morgan fingerprint density at radius 1 is 0.969 bits per heavy atom. The minimum Gasteiger partial charge on any atom is -0.378 e. The number of ether oxygens (including phenoxy) is 1. The van der Waals surface area contributed by atoms with Gasteiger partial charge in [-0.15, -0.1) is 0 Å². The highest BCUT2D eigenvalue weighted by molar-refractivity contribution is 5.77. The van der Waals surface area contributed by atoms with Crippen LogP contribution in [0.5, 0.6) is 0 Å². The summed E-state index contributed by atoms with van der Waals surface area (Å²) in [6.45, 7) is 4.35. The molecule has 1 aromatic carbocycles. The van der Waals surface area contributed by atoms with Crippen molar-refractivity contribution in [2.45, 2.75) is 25.3 Å². The first-order chi connectivity index (χ1) is 15.6. The number of hydrogen-bond donors (Lipinski definition) is 1. The van der Waals surface area contributed by atoms with Gasteiger partial charge in [0.05, 0.1) is 24.2 Å². The zero-order valence-corrected chi connectivity index (χ0v) is 17.9. The summed E-state index contributed by atoms with van der Waals surface area (Å²) in [5, 5.41) is 3.41. The van der Waals surface area contributed by atoms with Crippen LogP contribution in [0.15, 0.2) is 24.3 Å². The van der Waals surface area contributed by atoms with Gasteiger partial charge in [0, 0.05) is 19.1 Å². The second-order valence-electron chi connectivity index (χ2n) is 8.18. The fraction of sp³-hybridized carbons (Fsp3) is 0.524. The predicted molar refractivity (Wildman–Crippen MR) is 117 cm³/mol. The van der Waals surface area contributed by atoms with Gasteiger partial charge in [-0.3, -0.25) is 4.57 Å². The maximum Gasteiger partial charge on any atom is 0.296 e. The molecule has 0 aliphatic carbocycles. The number of hydrogen-bond acceptors (Lipinski definition) is 8. The molecule has 3 aromatic rings. The quantitative estimate of drug-likeness (QED) is 0.643. The van der Waals surface area contributed by atoms with Crippen molar-refractivity contribution in [2.24, 2.45) is 0 Å². The third kappa shape index (κ3) is 4.22. The molecule has 9 nitrogen and oxygen atoms in total. The molecule has 2 aliphatic heterocycles. The number of anilines is 2. The molecule has 4 heterocycles. The summed E-state index contributed by atoms with van der Waals surface area (Å²) >= 11 is 0. The third-order valence-corrected chi connectivity index (χ3v) is 5.94. The number of aromatic nitrogens is 5. The van der Waals surface area contributed by atoms with Crippen LogP contribution in [0.1, 0.15) is 25.1 Å². The molecule has 0 bridgehead atoms. The Labute approximate surface area is 184 Å². The van der Waals surface area contributed by atoms with Gasteiger partial charge < -0.3 is 19.9 Å². The molecule has 2 fully saturated rings. The van der Waals surface area contributed by atoms with Gasteiger partial charge in [-0.1, -0.05) is 12.1 Å². The normalized spacial score (nSPS) is 18.6. The minimum atomic E-state index is -2.77. The van der Waals surface area contributed by atoms with Gasteiger partial charge in [0.2, 0.25) is 17.8 Å². The molecule has 2 saturated heterocycles. The van der Waals surface area contributed by atoms with E-state index in [0.717, 1.165) is 25.9 Å². The van der Waals surface area contributed by atoms with Gasteiger partial charge in [0.1, 0.15) is 0 Å². The smallest absolute Gasteiger partial charge is 0.296 e. The summed E-state index contributed by atoms with van der Waals surface area (Å²) in [6, 6.07) is 7.23. The van der Waals surface area contributed by atoms with E-state index in [-0.39, 0.29) is 17.8 Å². The van der Waals surface area contributed by atoms with Gasteiger partial charge in [-0.2, -0.15) is 15.0 Å². The lowest BCUT2D eigenvalue weighted by Gasteiger charge is -2.30. The van der Waals surface area contributed by atoms with E-state index in [1.807, 2.05) is 4.90 Å². The number of para-hydroxylation sites is 2. The van der Waals surface area contributed by atoms with E-state index in [1.165, 1.54) is 4.57 Å². The third-order valence-electron chi connectivity index (χ3n) is 5.94. The summed E-state index contributed by atoms with van der Waals surface area (Å²) in [5.74, 6) is 0.604. The second-order valence-corrected chi connectivity index (χ2v) is 8.18. The van der Waals surface area contributed by atoms with E-state index in [1.54, 1.807) is 24.3 Å². The predicted octanol–water partition coefficient (Wildman–Crippen LogP) is 2.49. The van der Waals surface area contributed by atoms with Gasteiger partial charge in [0.15, 0.2) is 5.82 Å². The topological polar surface area (TPSA) is 84.2 Å². The maximum atomic E-state index is 13.9. The van der Waals surface area contributed by atoms with Crippen LogP contribution in [-0.2, 0) is 4.74 Å². The number of alkyl halides is 2. The number of morpholine rings is 1. The number of benzene rings is 1. The second kappa shape index (κ2) is 8.91. The van der Waals surface area contributed by atoms with Crippen molar-refractivity contribution in [3.63, 3.8) is 0 Å². The van der Waals surface area contributed by atoms with Gasteiger partial charge >= 0.3 is 0 Å². The molecule has 2 aliphatic rings. The average molecular weight is 444 g/mol. The zero-order valence-electron chi connectivity index (χ0n) is 17.9. The van der Waals surface area contributed by atoms with E-state index in [4.69, 9.17) is 4.74 Å². The SMILES string of the molecule is CN1CCC(Nc2nc(N3CCOCC3)nc(-n3c(C(F)F)nc4ccccc43)n2)CC1. The molecule has 2 aromatic heterocycles. The first kappa shape index (κ1) is 21.0. The van der Waals surface area contributed by atoms with Crippen LogP contribution in [-0.4, -0.2) is 81.9 Å². The fourth-order valence-electron chi connectivity index (χ4n) is 4.16. The number of nitrogens with zero attached hydrogens (tertiary/aromatic N) is 7. The highest BCUT2D eigenvalue weighted by atomic mass is 19.3. The Bertz CT molecular complexity index is 1080. The molecular weight excluding hydrogens is 418 g/mol. The molecule has 0 atom stereocenters. The van der Waals surface area contributed by atoms with Crippen LogP contribution >= 0.6 is 0 Å². The van der Waals surface area contributed by atoms with Crippen LogP contribution in [0.2, 0.25) is 0 Å². The van der Waals surface area contributed by atoms with Crippen molar-refractivity contribution < 1.29 is 13.5 Å². The number of nitrogens with one attached hydrogen (secondary N) is 1. The van der Waals surface area contributed by atoms with Crippen molar-refractivity contribution in [2.75, 3.05) is 56.7 Å². The summed E-state index contributed by atoms with van der Waals surface area (Å²) in [4.78, 5) is 22.2. The van der Waals surface area contributed by atoms with E-state index in [2.05, 4.69) is 37.2 Å². The fourth-order valence-corrected chi connectivity index (χ4v) is 4.16. The van der Waals surface area contributed by atoms with Crippen LogP contribution in [0.4, 0.5) is 20.7 Å². The summed E-state index contributed by atoms with van der Waals surface area (Å²) in [5.41, 5.74) is 1.01. The Kier molecular flexibility index (Phi) is 5.83. The van der Waals surface area contributed by atoms with Gasteiger partial charge in [-0.05, 0) is 45.1 Å². The van der Waals surface area contributed by atoms with Crippen molar-refractivity contribution in [3.05, 3.63) is 30.1 Å². The van der Waals surface area contributed by atoms with Crippen LogP contribution in [0, 0.1) is 0 Å². The van der Waals surface area contributed by atoms with Crippen molar-refractivity contribution >= 4 is 22.9 Å². The zero-order chi connectivity index (χ0) is 22.1. The van der Waals surface area contributed by atoms with Gasteiger partial charge in [0.25, 0.3) is 6.43 Å². The van der Waals surface area contributed by atoms with Crippen LogP contribution < -0.4 is 10.2 Å². The lowest BCUT2D eigenvalue weighted by molar-refractivity contribution is 0.122. The summed E-state index contributed by atoms with van der Waals surface area (Å²) in [7, 11) is 2.10. The van der Waals surface area contributed by atoms with E-state index in [0.29, 0.717) is 49.2 Å². The lowest BCUT2D eigenvalue weighted by Crippen LogP contribution is -2.39. The largest absolute Gasteiger partial charge is 0.378 e. The number of rotatable bonds is 5. The Morgan fingerprint density at radius 3 is 2.44 bits per heavy atom. The molecule has 170 valence electrons. The molecular formula is C21H26F2N8O. The number of likely N-dealkylation sites (tertiary alicyclic amines) is 1. The van der Waals surface area contributed by atoms with Crippen molar-refractivity contribution in [3.8, 4) is 5.95 Å². The van der Waals surface area contributed by atoms with Crippen molar-refractivity contribution in [1.29, 1.82) is 0 Å². The molecule has 0 saturated carbocycles. The summed E-state index contributed by atoms with van der Waals surface area (Å²) < 4.78 is 34.6. The Morgan fingerprint density at radius 2 is 1.69 bits per heavy atom. The number of fused-ring (bicyclic) bond motifs is 1. The van der Waals surface area contributed by atoms with E-state index in [9.17, 15) is 8.78 Å².